The van der Waals surface area contributed by atoms with E-state index in [1.807, 2.05) is 13.8 Å². The van der Waals surface area contributed by atoms with Gasteiger partial charge in [-0.3, -0.25) is 0 Å². The molecule has 0 aliphatic carbocycles. The summed E-state index contributed by atoms with van der Waals surface area (Å²) in [6.07, 6.45) is -2.65. The van der Waals surface area contributed by atoms with Crippen molar-refractivity contribution in [1.29, 1.82) is 0 Å². The first kappa shape index (κ1) is 27.3. The average Bonchev–Trinajstić information content (AvgIpc) is 2.41. The number of nitrogens with one attached hydrogen (secondary N) is 3. The summed E-state index contributed by atoms with van der Waals surface area (Å²) in [5, 5.41) is 9.09. The Hall–Kier alpha value is 0.274. The van der Waals surface area contributed by atoms with E-state index in [9.17, 15) is 0 Å². The first-order valence-corrected chi connectivity index (χ1v) is 11.8. The van der Waals surface area contributed by atoms with Crippen LogP contribution in [0.4, 0.5) is 0 Å². The monoisotopic (exact) mass is 432 g/mol. The van der Waals surface area contributed by atoms with Gasteiger partial charge in [-0.15, -0.1) is 0 Å². The molecule has 0 aromatic carbocycles. The number of rotatable bonds is 15. The van der Waals surface area contributed by atoms with Gasteiger partial charge in [-0.05, 0) is 0 Å². The molecule has 0 radical (unpaired) electrons. The van der Waals surface area contributed by atoms with Crippen LogP contribution in [0.1, 0.15) is 55.4 Å². The van der Waals surface area contributed by atoms with Crippen molar-refractivity contribution in [1.82, 2.24) is 16.0 Å². The van der Waals surface area contributed by atoms with Gasteiger partial charge in [0.15, 0.2) is 0 Å². The van der Waals surface area contributed by atoms with Gasteiger partial charge in [0.25, 0.3) is 0 Å². The molecule has 6 atom stereocenters. The molecule has 0 spiro atoms. The fraction of sp³-hybridized carbons (Fsp3) is 1.00. The van der Waals surface area contributed by atoms with Crippen LogP contribution in [0.2, 0.25) is 0 Å². The zero-order chi connectivity index (χ0) is 21.2. The van der Waals surface area contributed by atoms with Crippen LogP contribution < -0.4 is 33.2 Å². The Morgan fingerprint density at radius 2 is 0.889 bits per heavy atom. The van der Waals surface area contributed by atoms with Gasteiger partial charge < -0.3 is 0 Å². The minimum atomic E-state index is -4.46. The van der Waals surface area contributed by atoms with E-state index in [2.05, 4.69) is 16.0 Å². The molecule has 9 N–H and O–H groups in total. The molecule has 12 heteroatoms. The second-order valence-electron chi connectivity index (χ2n) is 6.87. The van der Waals surface area contributed by atoms with Crippen LogP contribution in [0, 0.1) is 0 Å². The molecule has 0 saturated carbocycles. The molecule has 11 nitrogen and oxygen atoms in total. The predicted molar refractivity (Wildman–Crippen MR) is 99.3 cm³/mol. The molecule has 27 heavy (non-hydrogen) atoms. The average molecular weight is 432 g/mol. The summed E-state index contributed by atoms with van der Waals surface area (Å²) in [5.41, 5.74) is 17.4. The predicted octanol–water partition coefficient (Wildman–Crippen LogP) is -0.0724. The molecule has 0 bridgehead atoms. The molecular formula is C15H40N6O5Ti. The Balaban J connectivity index is 5.49. The van der Waals surface area contributed by atoms with Crippen molar-refractivity contribution in [2.75, 3.05) is 0 Å². The van der Waals surface area contributed by atoms with E-state index < -0.39 is 36.8 Å². The maximum absolute atomic E-state index is 6.05. The van der Waals surface area contributed by atoms with Crippen LogP contribution in [-0.4, -0.2) is 43.3 Å². The van der Waals surface area contributed by atoms with Crippen molar-refractivity contribution in [3.05, 3.63) is 0 Å². The third-order valence-corrected chi connectivity index (χ3v) is 6.28. The van der Waals surface area contributed by atoms with Crippen molar-refractivity contribution in [3.8, 4) is 0 Å². The summed E-state index contributed by atoms with van der Waals surface area (Å²) in [6.45, 7) is 14.4. The first-order valence-electron chi connectivity index (χ1n) is 9.28. The van der Waals surface area contributed by atoms with E-state index in [4.69, 9.17) is 35.5 Å². The summed E-state index contributed by atoms with van der Waals surface area (Å²) in [4.78, 5) is 5.36. The molecule has 0 aliphatic rings. The Morgan fingerprint density at radius 3 is 1.11 bits per heavy atom. The van der Waals surface area contributed by atoms with Crippen LogP contribution in [0.25, 0.3) is 0 Å². The van der Waals surface area contributed by atoms with E-state index in [0.717, 1.165) is 0 Å². The third kappa shape index (κ3) is 14.0. The number of hydrogen-bond donors (Lipinski definition) is 6. The van der Waals surface area contributed by atoms with Crippen LogP contribution in [0.3, 0.4) is 0 Å². The maximum atomic E-state index is 6.05. The second kappa shape index (κ2) is 13.5. The zero-order valence-corrected chi connectivity index (χ0v) is 19.4. The van der Waals surface area contributed by atoms with Crippen LogP contribution in [0.15, 0.2) is 0 Å². The van der Waals surface area contributed by atoms with Crippen LogP contribution in [0.5, 0.6) is 0 Å². The molecule has 164 valence electrons. The zero-order valence-electron chi connectivity index (χ0n) is 17.8. The standard InChI is InChI=1S/3C4H11N2O.C3H8O2.Ti/c3*1-3(5)6-4(2)7;1-3(2)5-4;/h3*3-4,6H,5H2,1-2H3;3-4H,1-2H3;/q3*-1;;+4/p-1. The quantitative estimate of drug-likeness (QED) is 0.0889. The van der Waals surface area contributed by atoms with Gasteiger partial charge >= 0.3 is 168 Å². The molecular weight excluding hydrogens is 392 g/mol. The summed E-state index contributed by atoms with van der Waals surface area (Å²) >= 11 is -4.46. The summed E-state index contributed by atoms with van der Waals surface area (Å²) < 4.78 is 23.8. The van der Waals surface area contributed by atoms with Crippen molar-refractivity contribution in [2.24, 2.45) is 17.2 Å². The molecule has 0 rings (SSSR count). The van der Waals surface area contributed by atoms with E-state index >= 15 is 0 Å². The van der Waals surface area contributed by atoms with E-state index in [-0.39, 0.29) is 24.6 Å². The topological polar surface area (TPSA) is 160 Å². The minimum absolute atomic E-state index is 0.226. The van der Waals surface area contributed by atoms with Gasteiger partial charge in [0.05, 0.1) is 0 Å². The van der Waals surface area contributed by atoms with Crippen molar-refractivity contribution < 1.29 is 36.5 Å². The summed E-state index contributed by atoms with van der Waals surface area (Å²) in [7, 11) is 0. The Bertz CT molecular complexity index is 346. The summed E-state index contributed by atoms with van der Waals surface area (Å²) in [5.74, 6) is 0. The molecule has 0 aliphatic heterocycles. The molecule has 0 heterocycles. The summed E-state index contributed by atoms with van der Waals surface area (Å²) in [6, 6.07) is 0. The Morgan fingerprint density at radius 1 is 0.593 bits per heavy atom. The van der Waals surface area contributed by atoms with Gasteiger partial charge in [0.2, 0.25) is 0 Å². The fourth-order valence-corrected chi connectivity index (χ4v) is 5.44. The molecule has 0 saturated heterocycles. The SMILES string of the molecule is CC(N)NC(C)[O][Ti]([O]OC(C)C)([O]C(C)NC(C)N)[O]C(C)NC(C)N. The van der Waals surface area contributed by atoms with Crippen molar-refractivity contribution in [2.45, 2.75) is 98.7 Å². The van der Waals surface area contributed by atoms with Gasteiger partial charge in [0.1, 0.15) is 0 Å². The second-order valence-corrected chi connectivity index (χ2v) is 9.80. The van der Waals surface area contributed by atoms with Gasteiger partial charge in [-0.25, -0.2) is 0 Å². The molecule has 0 fully saturated rings. The molecule has 0 aromatic rings. The normalized spacial score (nSPS) is 21.3. The molecule has 0 aromatic heterocycles. The van der Waals surface area contributed by atoms with E-state index in [1.165, 1.54) is 0 Å². The third-order valence-electron chi connectivity index (χ3n) is 2.80. The van der Waals surface area contributed by atoms with Crippen molar-refractivity contribution >= 4 is 0 Å². The van der Waals surface area contributed by atoms with Crippen LogP contribution in [-0.2, 0) is 36.5 Å². The fourth-order valence-electron chi connectivity index (χ4n) is 2.16. The van der Waals surface area contributed by atoms with Gasteiger partial charge in [0, 0.05) is 0 Å². The first-order chi connectivity index (χ1) is 12.3. The number of hydrogen-bond acceptors (Lipinski definition) is 11. The van der Waals surface area contributed by atoms with Gasteiger partial charge in [-0.2, -0.15) is 0 Å². The van der Waals surface area contributed by atoms with E-state index in [0.29, 0.717) is 0 Å². The van der Waals surface area contributed by atoms with E-state index in [1.54, 1.807) is 41.5 Å². The molecule has 0 amide bonds. The van der Waals surface area contributed by atoms with Crippen molar-refractivity contribution in [3.63, 3.8) is 0 Å². The van der Waals surface area contributed by atoms with Crippen LogP contribution >= 0.6 is 0 Å². The van der Waals surface area contributed by atoms with Gasteiger partial charge in [-0.1, -0.05) is 0 Å². The number of nitrogens with two attached hydrogens (primary N) is 3. The molecule has 6 unspecified atom stereocenters. The Kier molecular flexibility index (Phi) is 13.6. The Labute approximate surface area is 168 Å².